The summed E-state index contributed by atoms with van der Waals surface area (Å²) in [6.45, 7) is 2.16. The Bertz CT molecular complexity index is 689. The van der Waals surface area contributed by atoms with Gasteiger partial charge in [0.1, 0.15) is 11.8 Å². The first-order valence-electron chi connectivity index (χ1n) is 6.15. The molecule has 1 heterocycles. The molecule has 0 bridgehead atoms. The van der Waals surface area contributed by atoms with Gasteiger partial charge < -0.3 is 15.2 Å². The molecule has 0 aliphatic carbocycles. The van der Waals surface area contributed by atoms with Crippen molar-refractivity contribution >= 4 is 5.91 Å². The van der Waals surface area contributed by atoms with Crippen molar-refractivity contribution in [3.63, 3.8) is 0 Å². The number of amides is 1. The maximum absolute atomic E-state index is 11.3. The number of nitrogens with two attached hydrogens (primary N) is 1. The van der Waals surface area contributed by atoms with Gasteiger partial charge in [-0.15, -0.1) is 0 Å². The van der Waals surface area contributed by atoms with E-state index in [2.05, 4.69) is 15.4 Å². The third-order valence-corrected chi connectivity index (χ3v) is 2.59. The summed E-state index contributed by atoms with van der Waals surface area (Å²) in [6.07, 6.45) is 0. The molecule has 3 N–H and O–H groups in total. The quantitative estimate of drug-likeness (QED) is 0.811. The van der Waals surface area contributed by atoms with Crippen LogP contribution in [0.2, 0.25) is 0 Å². The van der Waals surface area contributed by atoms with E-state index in [1.54, 1.807) is 18.2 Å². The fraction of sp³-hybridized carbons (Fsp3) is 0.231. The number of nitrogens with zero attached hydrogens (tertiary/aromatic N) is 3. The lowest BCUT2D eigenvalue weighted by molar-refractivity contribution is 0.0996. The number of carbonyl (C=O) groups is 1. The minimum absolute atomic E-state index is 0.0446. The zero-order valence-corrected chi connectivity index (χ0v) is 11.3. The summed E-state index contributed by atoms with van der Waals surface area (Å²) in [5, 5.41) is 18.6. The molecule has 0 fully saturated rings. The Morgan fingerprint density at radius 2 is 2.19 bits per heavy atom. The second-order valence-corrected chi connectivity index (χ2v) is 3.93. The zero-order valence-electron chi connectivity index (χ0n) is 11.3. The molecule has 8 heteroatoms. The Labute approximate surface area is 120 Å². The van der Waals surface area contributed by atoms with Crippen molar-refractivity contribution in [1.82, 2.24) is 15.4 Å². The minimum Gasteiger partial charge on any atom is -0.490 e. The van der Waals surface area contributed by atoms with E-state index in [9.17, 15) is 4.79 Å². The van der Waals surface area contributed by atoms with Crippen molar-refractivity contribution in [3.8, 4) is 28.8 Å². The number of aromatic amines is 1. The fourth-order valence-corrected chi connectivity index (χ4v) is 1.76. The van der Waals surface area contributed by atoms with Gasteiger partial charge in [-0.25, -0.2) is 0 Å². The van der Waals surface area contributed by atoms with E-state index in [1.807, 2.05) is 13.0 Å². The van der Waals surface area contributed by atoms with Crippen molar-refractivity contribution in [2.75, 3.05) is 13.2 Å². The lowest BCUT2D eigenvalue weighted by Crippen LogP contribution is -2.12. The zero-order chi connectivity index (χ0) is 15.2. The predicted molar refractivity (Wildman–Crippen MR) is 72.6 cm³/mol. The molecule has 0 atom stereocenters. The monoisotopic (exact) mass is 287 g/mol. The number of benzene rings is 1. The van der Waals surface area contributed by atoms with Crippen LogP contribution in [0.5, 0.6) is 11.5 Å². The Balaban J connectivity index is 2.41. The predicted octanol–water partition coefficient (Wildman–Crippen LogP) is 0.872. The smallest absolute Gasteiger partial charge is 0.271 e. The lowest BCUT2D eigenvalue weighted by Gasteiger charge is -2.11. The van der Waals surface area contributed by atoms with E-state index in [0.717, 1.165) is 0 Å². The summed E-state index contributed by atoms with van der Waals surface area (Å²) in [5.74, 6) is 0.205. The Morgan fingerprint density at radius 3 is 2.86 bits per heavy atom. The molecule has 1 aromatic carbocycles. The number of primary amides is 1. The molecule has 1 aromatic heterocycles. The van der Waals surface area contributed by atoms with E-state index in [0.29, 0.717) is 29.4 Å². The van der Waals surface area contributed by atoms with Gasteiger partial charge in [0.15, 0.2) is 23.8 Å². The first-order chi connectivity index (χ1) is 10.2. The highest BCUT2D eigenvalue weighted by Crippen LogP contribution is 2.32. The van der Waals surface area contributed by atoms with Gasteiger partial charge in [-0.1, -0.05) is 0 Å². The van der Waals surface area contributed by atoms with Gasteiger partial charge in [0, 0.05) is 5.56 Å². The molecule has 0 spiro atoms. The molecule has 21 heavy (non-hydrogen) atoms. The Kier molecular flexibility index (Phi) is 4.36. The average Bonchev–Trinajstić information content (AvgIpc) is 2.96. The number of H-pyrrole nitrogens is 1. The van der Waals surface area contributed by atoms with Gasteiger partial charge in [0.2, 0.25) is 0 Å². The highest BCUT2D eigenvalue weighted by atomic mass is 16.5. The third kappa shape index (κ3) is 3.09. The minimum atomic E-state index is -0.679. The van der Waals surface area contributed by atoms with Crippen LogP contribution in [-0.4, -0.2) is 34.5 Å². The number of hydrogen-bond acceptors (Lipinski definition) is 6. The van der Waals surface area contributed by atoms with E-state index >= 15 is 0 Å². The molecule has 2 rings (SSSR count). The number of aromatic nitrogens is 3. The summed E-state index contributed by atoms with van der Waals surface area (Å²) < 4.78 is 10.7. The molecule has 0 saturated heterocycles. The highest BCUT2D eigenvalue weighted by molar-refractivity contribution is 5.96. The number of carbonyl (C=O) groups excluding carboxylic acids is 1. The molecule has 0 aliphatic heterocycles. The molecular weight excluding hydrogens is 274 g/mol. The van der Waals surface area contributed by atoms with E-state index in [1.165, 1.54) is 0 Å². The van der Waals surface area contributed by atoms with Gasteiger partial charge in [-0.3, -0.25) is 4.79 Å². The van der Waals surface area contributed by atoms with Gasteiger partial charge in [-0.2, -0.15) is 20.7 Å². The first kappa shape index (κ1) is 14.3. The third-order valence-electron chi connectivity index (χ3n) is 2.59. The van der Waals surface area contributed by atoms with Crippen molar-refractivity contribution < 1.29 is 14.3 Å². The largest absolute Gasteiger partial charge is 0.490 e. The molecular formula is C13H13N5O3. The summed E-state index contributed by atoms with van der Waals surface area (Å²) in [6, 6.07) is 6.85. The second-order valence-electron chi connectivity index (χ2n) is 3.93. The number of nitrogens with one attached hydrogen (secondary N) is 1. The van der Waals surface area contributed by atoms with Crippen molar-refractivity contribution in [2.24, 2.45) is 5.73 Å². The van der Waals surface area contributed by atoms with E-state index in [4.69, 9.17) is 20.5 Å². The number of rotatable bonds is 6. The second kappa shape index (κ2) is 6.38. The van der Waals surface area contributed by atoms with Gasteiger partial charge in [-0.05, 0) is 25.1 Å². The van der Waals surface area contributed by atoms with Gasteiger partial charge >= 0.3 is 0 Å². The summed E-state index contributed by atoms with van der Waals surface area (Å²) in [7, 11) is 0. The van der Waals surface area contributed by atoms with Crippen LogP contribution in [0.4, 0.5) is 0 Å². The van der Waals surface area contributed by atoms with E-state index in [-0.39, 0.29) is 12.3 Å². The van der Waals surface area contributed by atoms with Crippen LogP contribution >= 0.6 is 0 Å². The van der Waals surface area contributed by atoms with Crippen LogP contribution in [-0.2, 0) is 0 Å². The molecule has 0 unspecified atom stereocenters. The lowest BCUT2D eigenvalue weighted by atomic mass is 10.1. The number of nitriles is 1. The maximum Gasteiger partial charge on any atom is 0.271 e. The van der Waals surface area contributed by atoms with Crippen LogP contribution in [0.25, 0.3) is 11.3 Å². The van der Waals surface area contributed by atoms with Gasteiger partial charge in [0.05, 0.1) is 6.61 Å². The Hall–Kier alpha value is -3.08. The summed E-state index contributed by atoms with van der Waals surface area (Å²) in [5.41, 5.74) is 6.21. The van der Waals surface area contributed by atoms with Crippen molar-refractivity contribution in [1.29, 1.82) is 5.26 Å². The molecule has 8 nitrogen and oxygen atoms in total. The highest BCUT2D eigenvalue weighted by Gasteiger charge is 2.17. The fourth-order valence-electron chi connectivity index (χ4n) is 1.76. The van der Waals surface area contributed by atoms with Crippen LogP contribution in [0.1, 0.15) is 17.4 Å². The van der Waals surface area contributed by atoms with Crippen LogP contribution < -0.4 is 15.2 Å². The molecule has 2 aromatic rings. The standard InChI is InChI=1S/C13H13N5O3/c1-2-20-10-7-8(3-4-9(10)21-6-5-14)11-12(13(15)19)17-18-16-11/h3-4,7H,2,6H2,1H3,(H2,15,19)(H,16,17,18). The first-order valence-corrected chi connectivity index (χ1v) is 6.15. The summed E-state index contributed by atoms with van der Waals surface area (Å²) >= 11 is 0. The molecule has 0 saturated carbocycles. The van der Waals surface area contributed by atoms with Crippen molar-refractivity contribution in [3.05, 3.63) is 23.9 Å². The topological polar surface area (TPSA) is 127 Å². The number of ether oxygens (including phenoxy) is 2. The van der Waals surface area contributed by atoms with Gasteiger partial charge in [0.25, 0.3) is 5.91 Å². The normalized spacial score (nSPS) is 9.90. The van der Waals surface area contributed by atoms with Crippen LogP contribution in [0, 0.1) is 11.3 Å². The number of hydrogen-bond donors (Lipinski definition) is 2. The molecule has 108 valence electrons. The molecule has 0 aliphatic rings. The molecule has 1 amide bonds. The van der Waals surface area contributed by atoms with Crippen LogP contribution in [0.3, 0.4) is 0 Å². The average molecular weight is 287 g/mol. The molecule has 0 radical (unpaired) electrons. The Morgan fingerprint density at radius 1 is 1.38 bits per heavy atom. The maximum atomic E-state index is 11.3. The van der Waals surface area contributed by atoms with Crippen LogP contribution in [0.15, 0.2) is 18.2 Å². The van der Waals surface area contributed by atoms with Crippen molar-refractivity contribution in [2.45, 2.75) is 6.92 Å². The van der Waals surface area contributed by atoms with E-state index < -0.39 is 5.91 Å². The summed E-state index contributed by atoms with van der Waals surface area (Å²) in [4.78, 5) is 11.3. The SMILES string of the molecule is CCOc1cc(-c2n[nH]nc2C(N)=O)ccc1OCC#N.